The minimum atomic E-state index is -0.0408. The van der Waals surface area contributed by atoms with Crippen LogP contribution in [0.4, 0.5) is 23.1 Å². The molecule has 1 aliphatic rings. The lowest BCUT2D eigenvalue weighted by Gasteiger charge is -2.28. The lowest BCUT2D eigenvalue weighted by molar-refractivity contribution is -0.129. The zero-order valence-electron chi connectivity index (χ0n) is 19.4. The molecule has 2 aromatic heterocycles. The predicted molar refractivity (Wildman–Crippen MR) is 135 cm³/mol. The minimum Gasteiger partial charge on any atom is -0.338 e. The van der Waals surface area contributed by atoms with Crippen molar-refractivity contribution >= 4 is 51.7 Å². The van der Waals surface area contributed by atoms with Crippen LogP contribution in [-0.4, -0.2) is 43.0 Å². The Morgan fingerprint density at radius 1 is 1.12 bits per heavy atom. The number of nitrogens with zero attached hydrogens (tertiary/aromatic N) is 5. The van der Waals surface area contributed by atoms with Gasteiger partial charge >= 0.3 is 0 Å². The quantitative estimate of drug-likeness (QED) is 0.410. The molecule has 1 amide bonds. The molecule has 5 rings (SSSR count). The molecule has 1 aliphatic heterocycles. The maximum atomic E-state index is 12.0. The number of hydrogen-bond acceptors (Lipinski definition) is 6. The van der Waals surface area contributed by atoms with Crippen molar-refractivity contribution in [1.29, 1.82) is 0 Å². The molecule has 9 heteroatoms. The largest absolute Gasteiger partial charge is 0.338 e. The van der Waals surface area contributed by atoms with Crippen molar-refractivity contribution in [2.75, 3.05) is 23.1 Å². The van der Waals surface area contributed by atoms with Crippen LogP contribution >= 0.6 is 11.6 Å². The third-order valence-corrected chi connectivity index (χ3v) is 6.48. The molecule has 174 valence electrons. The Balaban J connectivity index is 1.40. The molecular formula is C25H26ClN7O. The van der Waals surface area contributed by atoms with E-state index in [2.05, 4.69) is 52.8 Å². The summed E-state index contributed by atoms with van der Waals surface area (Å²) in [6.45, 7) is 5.40. The van der Waals surface area contributed by atoms with Crippen molar-refractivity contribution in [1.82, 2.24) is 24.6 Å². The van der Waals surface area contributed by atoms with Crippen LogP contribution in [-0.2, 0) is 24.8 Å². The highest BCUT2D eigenvalue weighted by molar-refractivity contribution is 6.27. The van der Waals surface area contributed by atoms with E-state index < -0.39 is 0 Å². The number of alkyl halides is 1. The van der Waals surface area contributed by atoms with Crippen LogP contribution in [0.25, 0.3) is 11.0 Å². The SMILES string of the molecule is Cc1cccc(C)c1Nc1nn(C)c2nc(Nc3ccc4c(c3)CN(C(=O)CCl)CC4)ncc12. The van der Waals surface area contributed by atoms with Gasteiger partial charge in [-0.25, -0.2) is 9.67 Å². The highest BCUT2D eigenvalue weighted by Gasteiger charge is 2.20. The Labute approximate surface area is 203 Å². The van der Waals surface area contributed by atoms with Crippen LogP contribution in [0, 0.1) is 13.8 Å². The zero-order chi connectivity index (χ0) is 23.8. The van der Waals surface area contributed by atoms with Gasteiger partial charge in [-0.1, -0.05) is 24.3 Å². The second kappa shape index (κ2) is 8.95. The highest BCUT2D eigenvalue weighted by atomic mass is 35.5. The monoisotopic (exact) mass is 475 g/mol. The average molecular weight is 476 g/mol. The third kappa shape index (κ3) is 4.17. The summed E-state index contributed by atoms with van der Waals surface area (Å²) in [6, 6.07) is 12.3. The van der Waals surface area contributed by atoms with E-state index in [1.165, 1.54) is 5.56 Å². The number of hydrogen-bond donors (Lipinski definition) is 2. The van der Waals surface area contributed by atoms with Gasteiger partial charge < -0.3 is 15.5 Å². The van der Waals surface area contributed by atoms with Crippen LogP contribution in [0.5, 0.6) is 0 Å². The molecule has 0 saturated carbocycles. The Bertz CT molecular complexity index is 1380. The van der Waals surface area contributed by atoms with Gasteiger partial charge in [-0.2, -0.15) is 10.1 Å². The number of fused-ring (bicyclic) bond motifs is 2. The van der Waals surface area contributed by atoms with E-state index in [4.69, 9.17) is 16.6 Å². The molecule has 0 saturated heterocycles. The normalized spacial score (nSPS) is 13.1. The molecule has 0 fully saturated rings. The number of carbonyl (C=O) groups is 1. The van der Waals surface area contributed by atoms with E-state index in [0.717, 1.165) is 51.3 Å². The second-order valence-corrected chi connectivity index (χ2v) is 8.87. The number of nitrogens with one attached hydrogen (secondary N) is 2. The topological polar surface area (TPSA) is 88.0 Å². The summed E-state index contributed by atoms with van der Waals surface area (Å²) in [5.74, 6) is 1.17. The number of benzene rings is 2. The van der Waals surface area contributed by atoms with E-state index in [-0.39, 0.29) is 11.8 Å². The summed E-state index contributed by atoms with van der Waals surface area (Å²) in [7, 11) is 1.87. The van der Waals surface area contributed by atoms with Gasteiger partial charge in [-0.3, -0.25) is 4.79 Å². The summed E-state index contributed by atoms with van der Waals surface area (Å²) in [5, 5.41) is 12.2. The van der Waals surface area contributed by atoms with Gasteiger partial charge in [0, 0.05) is 37.7 Å². The Hall–Kier alpha value is -3.65. The standard InChI is InChI=1S/C25H26ClN7O/c1-15-5-4-6-16(2)22(15)29-23-20-13-27-25(30-24(20)32(3)31-23)28-19-8-7-17-9-10-33(21(34)12-26)14-18(17)11-19/h4-8,11,13H,9-10,12,14H2,1-3H3,(H,29,31)(H,27,28,30). The number of aromatic nitrogens is 4. The fraction of sp³-hybridized carbons (Fsp3) is 0.280. The molecule has 2 N–H and O–H groups in total. The van der Waals surface area contributed by atoms with Gasteiger partial charge in [0.15, 0.2) is 11.5 Å². The lowest BCUT2D eigenvalue weighted by Crippen LogP contribution is -2.36. The Kier molecular flexibility index (Phi) is 5.83. The molecule has 0 atom stereocenters. The van der Waals surface area contributed by atoms with Gasteiger partial charge in [-0.05, 0) is 54.7 Å². The molecule has 4 aromatic rings. The van der Waals surface area contributed by atoms with Crippen LogP contribution < -0.4 is 10.6 Å². The van der Waals surface area contributed by atoms with E-state index in [1.54, 1.807) is 15.8 Å². The molecule has 0 bridgehead atoms. The van der Waals surface area contributed by atoms with Crippen LogP contribution in [0.1, 0.15) is 22.3 Å². The number of carbonyl (C=O) groups excluding carboxylic acids is 1. The van der Waals surface area contributed by atoms with Crippen molar-refractivity contribution < 1.29 is 4.79 Å². The van der Waals surface area contributed by atoms with Crippen LogP contribution in [0.15, 0.2) is 42.6 Å². The van der Waals surface area contributed by atoms with E-state index >= 15 is 0 Å². The molecule has 0 unspecified atom stereocenters. The van der Waals surface area contributed by atoms with Crippen molar-refractivity contribution in [3.05, 3.63) is 64.8 Å². The fourth-order valence-corrected chi connectivity index (χ4v) is 4.55. The minimum absolute atomic E-state index is 0.00603. The first-order valence-corrected chi connectivity index (χ1v) is 11.7. The van der Waals surface area contributed by atoms with Crippen LogP contribution in [0.3, 0.4) is 0 Å². The summed E-state index contributed by atoms with van der Waals surface area (Å²) in [5.41, 5.74) is 7.29. The zero-order valence-corrected chi connectivity index (χ0v) is 20.1. The molecular weight excluding hydrogens is 450 g/mol. The lowest BCUT2D eigenvalue weighted by atomic mass is 9.99. The van der Waals surface area contributed by atoms with Crippen molar-refractivity contribution in [2.45, 2.75) is 26.8 Å². The summed E-state index contributed by atoms with van der Waals surface area (Å²) >= 11 is 5.74. The van der Waals surface area contributed by atoms with Gasteiger partial charge in [0.1, 0.15) is 5.88 Å². The van der Waals surface area contributed by atoms with Gasteiger partial charge in [0.05, 0.1) is 5.39 Å². The number of aryl methyl sites for hydroxylation is 3. The number of rotatable bonds is 5. The number of amides is 1. The van der Waals surface area contributed by atoms with Crippen molar-refractivity contribution in [3.63, 3.8) is 0 Å². The van der Waals surface area contributed by atoms with Gasteiger partial charge in [-0.15, -0.1) is 11.6 Å². The Morgan fingerprint density at radius 2 is 1.91 bits per heavy atom. The second-order valence-electron chi connectivity index (χ2n) is 8.60. The Morgan fingerprint density at radius 3 is 2.68 bits per heavy atom. The van der Waals surface area contributed by atoms with E-state index in [9.17, 15) is 4.79 Å². The molecule has 0 radical (unpaired) electrons. The highest BCUT2D eigenvalue weighted by Crippen LogP contribution is 2.29. The first-order valence-electron chi connectivity index (χ1n) is 11.2. The smallest absolute Gasteiger partial charge is 0.237 e. The van der Waals surface area contributed by atoms with E-state index in [0.29, 0.717) is 19.0 Å². The third-order valence-electron chi connectivity index (χ3n) is 6.25. The fourth-order valence-electron chi connectivity index (χ4n) is 4.38. The van der Waals surface area contributed by atoms with E-state index in [1.807, 2.05) is 25.2 Å². The average Bonchev–Trinajstić information content (AvgIpc) is 3.15. The molecule has 0 spiro atoms. The summed E-state index contributed by atoms with van der Waals surface area (Å²) in [4.78, 5) is 23.0. The molecule has 34 heavy (non-hydrogen) atoms. The van der Waals surface area contributed by atoms with Crippen LogP contribution in [0.2, 0.25) is 0 Å². The first-order chi connectivity index (χ1) is 16.4. The van der Waals surface area contributed by atoms with Crippen molar-refractivity contribution in [2.24, 2.45) is 7.05 Å². The summed E-state index contributed by atoms with van der Waals surface area (Å²) < 4.78 is 1.75. The first kappa shape index (κ1) is 22.2. The maximum Gasteiger partial charge on any atom is 0.237 e. The van der Waals surface area contributed by atoms with Gasteiger partial charge in [0.25, 0.3) is 0 Å². The van der Waals surface area contributed by atoms with Crippen molar-refractivity contribution in [3.8, 4) is 0 Å². The predicted octanol–water partition coefficient (Wildman–Crippen LogP) is 4.59. The van der Waals surface area contributed by atoms with Gasteiger partial charge in [0.2, 0.25) is 11.9 Å². The number of anilines is 4. The molecule has 8 nitrogen and oxygen atoms in total. The molecule has 0 aliphatic carbocycles. The maximum absolute atomic E-state index is 12.0. The molecule has 3 heterocycles. The number of halogens is 1. The number of para-hydroxylation sites is 1. The molecule has 2 aromatic carbocycles. The summed E-state index contributed by atoms with van der Waals surface area (Å²) in [6.07, 6.45) is 2.61.